The highest BCUT2D eigenvalue weighted by molar-refractivity contribution is 6.01. The minimum absolute atomic E-state index is 0.0485. The molecular weight excluding hydrogens is 738 g/mol. The van der Waals surface area contributed by atoms with Crippen LogP contribution in [0.4, 0.5) is 13.2 Å². The third-order valence-corrected chi connectivity index (χ3v) is 13.6. The molecule has 2 aliphatic carbocycles. The van der Waals surface area contributed by atoms with Crippen molar-refractivity contribution in [1.82, 2.24) is 5.32 Å². The predicted molar refractivity (Wildman–Crippen MR) is 232 cm³/mol. The number of alkyl halides is 3. The Balaban J connectivity index is 0.863. The molecule has 9 rings (SSSR count). The van der Waals surface area contributed by atoms with Crippen molar-refractivity contribution in [2.45, 2.75) is 75.4 Å². The summed E-state index contributed by atoms with van der Waals surface area (Å²) < 4.78 is 40.9. The second kappa shape index (κ2) is 16.7. The number of hydrogen-bond donors (Lipinski definition) is 1. The molecule has 6 aromatic rings. The van der Waals surface area contributed by atoms with Crippen molar-refractivity contribution < 1.29 is 22.4 Å². The van der Waals surface area contributed by atoms with Crippen molar-refractivity contribution in [2.75, 3.05) is 26.2 Å². The number of nitrogens with zero attached hydrogens (tertiary/aromatic N) is 1. The van der Waals surface area contributed by atoms with Crippen LogP contribution >= 0.6 is 0 Å². The number of benzene rings is 6. The van der Waals surface area contributed by atoms with Gasteiger partial charge in [0.25, 0.3) is 5.91 Å². The lowest BCUT2D eigenvalue weighted by Gasteiger charge is -2.44. The fraction of sp³-hybridized carbons (Fsp3) is 0.302. The molecule has 59 heavy (non-hydrogen) atoms. The Labute approximate surface area is 346 Å². The van der Waals surface area contributed by atoms with Gasteiger partial charge < -0.3 is 9.80 Å². The number of rotatable bonds is 13. The zero-order valence-electron chi connectivity index (χ0n) is 33.6. The first-order chi connectivity index (χ1) is 28.8. The summed E-state index contributed by atoms with van der Waals surface area (Å²) in [5, 5.41) is 3.34. The van der Waals surface area contributed by atoms with Gasteiger partial charge in [-0.3, -0.25) is 4.79 Å². The largest absolute Gasteiger partial charge is 0.416 e. The van der Waals surface area contributed by atoms with Gasteiger partial charge in [0.05, 0.1) is 31.7 Å². The third-order valence-electron chi connectivity index (χ3n) is 13.6. The molecule has 0 saturated carbocycles. The third kappa shape index (κ3) is 8.00. The SMILES string of the molecule is O=C(NC1CC[N+](CCCCC2c3ccccc3-c3ccccc32)(CCCCC2c3ccccc3-c3ccccc32)CC1)c1ccccc1-c1ccc(C(F)(F)F)cc1. The van der Waals surface area contributed by atoms with Crippen LogP contribution in [0.15, 0.2) is 146 Å². The van der Waals surface area contributed by atoms with E-state index < -0.39 is 11.7 Å². The lowest BCUT2D eigenvalue weighted by atomic mass is 9.90. The summed E-state index contributed by atoms with van der Waals surface area (Å²) in [5.41, 5.74) is 12.4. The van der Waals surface area contributed by atoms with Crippen LogP contribution in [0.25, 0.3) is 33.4 Å². The van der Waals surface area contributed by atoms with Crippen LogP contribution in [0.1, 0.15) is 101 Å². The zero-order chi connectivity index (χ0) is 40.4. The lowest BCUT2D eigenvalue weighted by Crippen LogP contribution is -2.57. The molecule has 1 aliphatic heterocycles. The first kappa shape index (κ1) is 39.0. The van der Waals surface area contributed by atoms with Gasteiger partial charge in [-0.15, -0.1) is 0 Å². The van der Waals surface area contributed by atoms with E-state index in [0.717, 1.165) is 68.5 Å². The normalized spacial score (nSPS) is 16.0. The summed E-state index contributed by atoms with van der Waals surface area (Å²) in [6.07, 6.45) is 4.36. The van der Waals surface area contributed by atoms with Crippen LogP contribution in [-0.2, 0) is 6.18 Å². The Morgan fingerprint density at radius 2 is 0.932 bits per heavy atom. The zero-order valence-corrected chi connectivity index (χ0v) is 33.6. The molecule has 0 aromatic heterocycles. The Bertz CT molecular complexity index is 2230. The van der Waals surface area contributed by atoms with Gasteiger partial charge in [0.2, 0.25) is 0 Å². The second-order valence-corrected chi connectivity index (χ2v) is 17.1. The standard InChI is InChI=1S/C53H51F3N2O/c54-53(55,56)38-29-27-37(28-30-38)40-15-1-10-26-51(40)52(59)57-39-31-35-58(36-32-39,33-13-11-24-49-45-20-6-2-16-41(45)42-17-3-7-21-46(42)49)34-14-12-25-50-47-22-8-4-18-43(47)44-19-5-9-23-48(44)50/h1-10,15-23,26-30,39,49-50H,11-14,24-25,31-36H2/p+1. The Morgan fingerprint density at radius 1 is 0.525 bits per heavy atom. The van der Waals surface area contributed by atoms with Crippen molar-refractivity contribution in [3.8, 4) is 33.4 Å². The van der Waals surface area contributed by atoms with E-state index in [2.05, 4.69) is 102 Å². The molecular formula is C53H52F3N2O+. The van der Waals surface area contributed by atoms with Crippen molar-refractivity contribution in [2.24, 2.45) is 0 Å². The molecule has 0 spiro atoms. The molecule has 6 heteroatoms. The molecule has 1 amide bonds. The van der Waals surface area contributed by atoms with Gasteiger partial charge in [0.1, 0.15) is 0 Å². The van der Waals surface area contributed by atoms with E-state index >= 15 is 0 Å². The number of carbonyl (C=O) groups excluding carboxylic acids is 1. The van der Waals surface area contributed by atoms with Crippen molar-refractivity contribution in [1.29, 1.82) is 0 Å². The van der Waals surface area contributed by atoms with Gasteiger partial charge in [-0.25, -0.2) is 0 Å². The highest BCUT2D eigenvalue weighted by atomic mass is 19.4. The Morgan fingerprint density at radius 3 is 1.37 bits per heavy atom. The fourth-order valence-corrected chi connectivity index (χ4v) is 10.6. The van der Waals surface area contributed by atoms with Crippen molar-refractivity contribution in [3.05, 3.63) is 179 Å². The van der Waals surface area contributed by atoms with Gasteiger partial charge in [0, 0.05) is 36.3 Å². The number of halogens is 3. The molecule has 1 saturated heterocycles. The van der Waals surface area contributed by atoms with E-state index in [1.54, 1.807) is 6.07 Å². The van der Waals surface area contributed by atoms with E-state index in [1.165, 1.54) is 82.3 Å². The maximum atomic E-state index is 13.8. The van der Waals surface area contributed by atoms with Crippen LogP contribution < -0.4 is 5.32 Å². The van der Waals surface area contributed by atoms with E-state index in [1.807, 2.05) is 18.2 Å². The van der Waals surface area contributed by atoms with Crippen LogP contribution in [0.2, 0.25) is 0 Å². The van der Waals surface area contributed by atoms with Gasteiger partial charge in [-0.1, -0.05) is 127 Å². The summed E-state index contributed by atoms with van der Waals surface area (Å²) in [6, 6.07) is 48.0. The average Bonchev–Trinajstić information content (AvgIpc) is 3.76. The molecule has 3 nitrogen and oxygen atoms in total. The summed E-state index contributed by atoms with van der Waals surface area (Å²) in [6.45, 7) is 4.33. The number of nitrogens with one attached hydrogen (secondary N) is 1. The number of fused-ring (bicyclic) bond motifs is 6. The fourth-order valence-electron chi connectivity index (χ4n) is 10.6. The van der Waals surface area contributed by atoms with E-state index in [0.29, 0.717) is 28.5 Å². The molecule has 6 aromatic carbocycles. The molecule has 300 valence electrons. The van der Waals surface area contributed by atoms with Gasteiger partial charge >= 0.3 is 6.18 Å². The van der Waals surface area contributed by atoms with E-state index in [9.17, 15) is 18.0 Å². The van der Waals surface area contributed by atoms with Gasteiger partial charge in [-0.05, 0) is 112 Å². The summed E-state index contributed by atoms with van der Waals surface area (Å²) in [5.74, 6) is 0.721. The first-order valence-electron chi connectivity index (χ1n) is 21.6. The number of hydrogen-bond acceptors (Lipinski definition) is 1. The molecule has 0 radical (unpaired) electrons. The quantitative estimate of drug-likeness (QED) is 0.0916. The first-order valence-corrected chi connectivity index (χ1v) is 21.6. The minimum Gasteiger partial charge on any atom is -0.349 e. The number of unbranched alkanes of at least 4 members (excludes halogenated alkanes) is 2. The highest BCUT2D eigenvalue weighted by Crippen LogP contribution is 2.48. The summed E-state index contributed by atoms with van der Waals surface area (Å²) >= 11 is 0. The van der Waals surface area contributed by atoms with Crippen LogP contribution in [-0.4, -0.2) is 42.6 Å². The van der Waals surface area contributed by atoms with Gasteiger partial charge in [0.15, 0.2) is 0 Å². The van der Waals surface area contributed by atoms with Gasteiger partial charge in [-0.2, -0.15) is 13.2 Å². The number of carbonyl (C=O) groups is 1. The second-order valence-electron chi connectivity index (χ2n) is 17.1. The van der Waals surface area contributed by atoms with Crippen LogP contribution in [0, 0.1) is 0 Å². The molecule has 0 unspecified atom stereocenters. The van der Waals surface area contributed by atoms with Crippen molar-refractivity contribution in [3.63, 3.8) is 0 Å². The molecule has 0 bridgehead atoms. The molecule has 1 heterocycles. The van der Waals surface area contributed by atoms with E-state index in [4.69, 9.17) is 0 Å². The molecule has 3 aliphatic rings. The Hall–Kier alpha value is -5.46. The van der Waals surface area contributed by atoms with Crippen LogP contribution in [0.5, 0.6) is 0 Å². The monoisotopic (exact) mass is 789 g/mol. The van der Waals surface area contributed by atoms with E-state index in [-0.39, 0.29) is 11.9 Å². The molecule has 1 N–H and O–H groups in total. The smallest absolute Gasteiger partial charge is 0.349 e. The Kier molecular flexibility index (Phi) is 11.0. The minimum atomic E-state index is -4.41. The molecule has 0 atom stereocenters. The molecule has 1 fully saturated rings. The predicted octanol–water partition coefficient (Wildman–Crippen LogP) is 13.0. The lowest BCUT2D eigenvalue weighted by molar-refractivity contribution is -0.933. The van der Waals surface area contributed by atoms with Crippen molar-refractivity contribution >= 4 is 5.91 Å². The number of piperidine rings is 1. The summed E-state index contributed by atoms with van der Waals surface area (Å²) in [4.78, 5) is 13.8. The maximum absolute atomic E-state index is 13.8. The summed E-state index contributed by atoms with van der Waals surface area (Å²) in [7, 11) is 0. The number of amides is 1. The average molecular weight is 790 g/mol. The highest BCUT2D eigenvalue weighted by Gasteiger charge is 2.36. The number of quaternary nitrogens is 1. The number of likely N-dealkylation sites (tertiary alicyclic amines) is 1. The van der Waals surface area contributed by atoms with Crippen LogP contribution in [0.3, 0.4) is 0 Å². The maximum Gasteiger partial charge on any atom is 0.416 e. The topological polar surface area (TPSA) is 29.1 Å².